The van der Waals surface area contributed by atoms with Crippen molar-refractivity contribution in [3.63, 3.8) is 0 Å². The third kappa shape index (κ3) is 3.32. The van der Waals surface area contributed by atoms with Crippen LogP contribution in [0.4, 0.5) is 0 Å². The van der Waals surface area contributed by atoms with Crippen LogP contribution in [0.1, 0.15) is 22.0 Å². The summed E-state index contributed by atoms with van der Waals surface area (Å²) < 4.78 is 1.09. The first kappa shape index (κ1) is 13.1. The van der Waals surface area contributed by atoms with E-state index in [0.29, 0.717) is 0 Å². The molecule has 0 aliphatic rings. The van der Waals surface area contributed by atoms with Crippen LogP contribution in [0.3, 0.4) is 0 Å². The Labute approximate surface area is 119 Å². The van der Waals surface area contributed by atoms with Crippen molar-refractivity contribution in [2.75, 3.05) is 0 Å². The quantitative estimate of drug-likeness (QED) is 0.866. The van der Waals surface area contributed by atoms with Crippen LogP contribution in [0.5, 0.6) is 0 Å². The minimum atomic E-state index is 0.00602. The van der Waals surface area contributed by atoms with Gasteiger partial charge < -0.3 is 5.73 Å². The van der Waals surface area contributed by atoms with Gasteiger partial charge in [-0.3, -0.25) is 0 Å². The zero-order chi connectivity index (χ0) is 12.4. The SMILES string of the molecule is Cc1ccc(CC(N)c2cc(Br)cs2)c(Cl)c1. The van der Waals surface area contributed by atoms with Crippen LogP contribution in [0.25, 0.3) is 0 Å². The Morgan fingerprint density at radius 3 is 2.76 bits per heavy atom. The lowest BCUT2D eigenvalue weighted by molar-refractivity contribution is 0.736. The monoisotopic (exact) mass is 329 g/mol. The Hall–Kier alpha value is -0.350. The molecule has 0 spiro atoms. The van der Waals surface area contributed by atoms with Gasteiger partial charge in [0.25, 0.3) is 0 Å². The van der Waals surface area contributed by atoms with Crippen LogP contribution >= 0.6 is 38.9 Å². The van der Waals surface area contributed by atoms with E-state index in [1.165, 1.54) is 10.4 Å². The lowest BCUT2D eigenvalue weighted by atomic mass is 10.0. The number of rotatable bonds is 3. The maximum atomic E-state index is 6.20. The lowest BCUT2D eigenvalue weighted by Gasteiger charge is -2.11. The fourth-order valence-corrected chi connectivity index (χ4v) is 3.44. The third-order valence-electron chi connectivity index (χ3n) is 2.60. The maximum absolute atomic E-state index is 6.20. The molecule has 1 atom stereocenters. The Bertz CT molecular complexity index is 524. The van der Waals surface area contributed by atoms with Gasteiger partial charge in [0.2, 0.25) is 0 Å². The topological polar surface area (TPSA) is 26.0 Å². The standard InChI is InChI=1S/C13H13BrClNS/c1-8-2-3-9(11(15)4-8)5-12(16)13-6-10(14)7-17-13/h2-4,6-7,12H,5,16H2,1H3. The fourth-order valence-electron chi connectivity index (χ4n) is 1.68. The molecule has 90 valence electrons. The minimum Gasteiger partial charge on any atom is -0.323 e. The molecule has 0 saturated carbocycles. The zero-order valence-corrected chi connectivity index (χ0v) is 12.6. The van der Waals surface area contributed by atoms with Gasteiger partial charge in [-0.2, -0.15) is 0 Å². The highest BCUT2D eigenvalue weighted by atomic mass is 79.9. The second kappa shape index (κ2) is 5.53. The molecule has 1 unspecified atom stereocenters. The Balaban J connectivity index is 2.15. The van der Waals surface area contributed by atoms with Gasteiger partial charge in [-0.25, -0.2) is 0 Å². The van der Waals surface area contributed by atoms with E-state index >= 15 is 0 Å². The summed E-state index contributed by atoms with van der Waals surface area (Å²) in [4.78, 5) is 1.17. The van der Waals surface area contributed by atoms with Gasteiger partial charge in [0.15, 0.2) is 0 Å². The van der Waals surface area contributed by atoms with Gasteiger partial charge in [-0.1, -0.05) is 23.7 Å². The van der Waals surface area contributed by atoms with Crippen molar-refractivity contribution in [2.24, 2.45) is 5.73 Å². The highest BCUT2D eigenvalue weighted by Crippen LogP contribution is 2.28. The Morgan fingerprint density at radius 1 is 1.41 bits per heavy atom. The average Bonchev–Trinajstić information content (AvgIpc) is 2.69. The second-order valence-corrected chi connectivity index (χ2v) is 6.34. The Kier molecular flexibility index (Phi) is 4.26. The summed E-state index contributed by atoms with van der Waals surface area (Å²) in [6.45, 7) is 2.03. The molecule has 2 N–H and O–H groups in total. The van der Waals surface area contributed by atoms with Gasteiger partial charge in [0.1, 0.15) is 0 Å². The molecule has 0 bridgehead atoms. The zero-order valence-electron chi connectivity index (χ0n) is 9.41. The number of benzene rings is 1. The van der Waals surface area contributed by atoms with Crippen molar-refractivity contribution in [1.29, 1.82) is 0 Å². The van der Waals surface area contributed by atoms with Crippen LogP contribution in [0.2, 0.25) is 5.02 Å². The molecular weight excluding hydrogens is 318 g/mol. The first-order valence-electron chi connectivity index (χ1n) is 5.31. The Morgan fingerprint density at radius 2 is 2.18 bits per heavy atom. The van der Waals surface area contributed by atoms with Gasteiger partial charge >= 0.3 is 0 Å². The molecule has 0 radical (unpaired) electrons. The summed E-state index contributed by atoms with van der Waals surface area (Å²) >= 11 is 11.3. The first-order valence-corrected chi connectivity index (χ1v) is 7.36. The molecular formula is C13H13BrClNS. The van der Waals surface area contributed by atoms with E-state index in [-0.39, 0.29) is 6.04 Å². The minimum absolute atomic E-state index is 0.00602. The number of thiophene rings is 1. The van der Waals surface area contributed by atoms with Gasteiger partial charge in [0.05, 0.1) is 0 Å². The molecule has 0 amide bonds. The molecule has 0 saturated heterocycles. The summed E-state index contributed by atoms with van der Waals surface area (Å²) in [5.41, 5.74) is 8.46. The maximum Gasteiger partial charge on any atom is 0.0441 e. The van der Waals surface area contributed by atoms with Crippen LogP contribution in [0, 0.1) is 6.92 Å². The van der Waals surface area contributed by atoms with E-state index in [9.17, 15) is 0 Å². The third-order valence-corrected chi connectivity index (χ3v) is 4.78. The molecule has 1 aromatic heterocycles. The van der Waals surface area contributed by atoms with E-state index in [0.717, 1.165) is 21.5 Å². The molecule has 0 aliphatic carbocycles. The van der Waals surface area contributed by atoms with Gasteiger partial charge in [-0.15, -0.1) is 11.3 Å². The van der Waals surface area contributed by atoms with Crippen molar-refractivity contribution in [1.82, 2.24) is 0 Å². The lowest BCUT2D eigenvalue weighted by Crippen LogP contribution is -2.12. The average molecular weight is 331 g/mol. The second-order valence-electron chi connectivity index (χ2n) is 4.07. The fraction of sp³-hybridized carbons (Fsp3) is 0.231. The van der Waals surface area contributed by atoms with E-state index in [2.05, 4.69) is 34.1 Å². The highest BCUT2D eigenvalue weighted by Gasteiger charge is 2.11. The summed E-state index contributed by atoms with van der Waals surface area (Å²) in [7, 11) is 0. The largest absolute Gasteiger partial charge is 0.323 e. The normalized spacial score (nSPS) is 12.7. The highest BCUT2D eigenvalue weighted by molar-refractivity contribution is 9.10. The molecule has 4 heteroatoms. The smallest absolute Gasteiger partial charge is 0.0441 e. The number of nitrogens with two attached hydrogens (primary N) is 1. The van der Waals surface area contributed by atoms with Crippen molar-refractivity contribution in [3.05, 3.63) is 55.1 Å². The molecule has 2 rings (SSSR count). The van der Waals surface area contributed by atoms with E-state index in [4.69, 9.17) is 17.3 Å². The van der Waals surface area contributed by atoms with Crippen LogP contribution < -0.4 is 5.73 Å². The van der Waals surface area contributed by atoms with Crippen molar-refractivity contribution >= 4 is 38.9 Å². The molecule has 1 aromatic carbocycles. The predicted octanol–water partition coefficient (Wildman–Crippen LogP) is 4.71. The molecule has 1 heterocycles. The number of hydrogen-bond acceptors (Lipinski definition) is 2. The molecule has 0 fully saturated rings. The van der Waals surface area contributed by atoms with Crippen LogP contribution in [-0.4, -0.2) is 0 Å². The van der Waals surface area contributed by atoms with Crippen LogP contribution in [-0.2, 0) is 6.42 Å². The van der Waals surface area contributed by atoms with E-state index < -0.39 is 0 Å². The predicted molar refractivity (Wildman–Crippen MR) is 78.8 cm³/mol. The summed E-state index contributed by atoms with van der Waals surface area (Å²) in [6.07, 6.45) is 0.770. The number of hydrogen-bond donors (Lipinski definition) is 1. The van der Waals surface area contributed by atoms with Crippen molar-refractivity contribution < 1.29 is 0 Å². The van der Waals surface area contributed by atoms with E-state index in [1.807, 2.05) is 18.4 Å². The van der Waals surface area contributed by atoms with Gasteiger partial charge in [0, 0.05) is 25.8 Å². The summed E-state index contributed by atoms with van der Waals surface area (Å²) in [5, 5.41) is 2.85. The number of aryl methyl sites for hydroxylation is 1. The van der Waals surface area contributed by atoms with Crippen molar-refractivity contribution in [3.8, 4) is 0 Å². The first-order chi connectivity index (χ1) is 8.06. The number of halogens is 2. The van der Waals surface area contributed by atoms with Crippen LogP contribution in [0.15, 0.2) is 34.1 Å². The van der Waals surface area contributed by atoms with Crippen molar-refractivity contribution in [2.45, 2.75) is 19.4 Å². The summed E-state index contributed by atoms with van der Waals surface area (Å²) in [5.74, 6) is 0. The molecule has 2 aromatic rings. The summed E-state index contributed by atoms with van der Waals surface area (Å²) in [6, 6.07) is 8.18. The molecule has 0 aliphatic heterocycles. The van der Waals surface area contributed by atoms with E-state index in [1.54, 1.807) is 11.3 Å². The molecule has 1 nitrogen and oxygen atoms in total. The van der Waals surface area contributed by atoms with Gasteiger partial charge in [-0.05, 0) is 52.5 Å². The molecule has 17 heavy (non-hydrogen) atoms.